The monoisotopic (exact) mass is 288 g/mol. The van der Waals surface area contributed by atoms with Gasteiger partial charge < -0.3 is 9.47 Å². The van der Waals surface area contributed by atoms with Crippen molar-refractivity contribution in [1.82, 2.24) is 4.98 Å². The molecule has 1 heterocycles. The molecule has 0 bridgehead atoms. The summed E-state index contributed by atoms with van der Waals surface area (Å²) in [7, 11) is 0. The van der Waals surface area contributed by atoms with Crippen LogP contribution in [-0.4, -0.2) is 18.2 Å². The summed E-state index contributed by atoms with van der Waals surface area (Å²) in [6.07, 6.45) is 0.950. The Bertz CT molecular complexity index is 617. The molecule has 0 N–H and O–H groups in total. The van der Waals surface area contributed by atoms with Gasteiger partial charge in [0.1, 0.15) is 11.1 Å². The molecule has 0 amide bonds. The van der Waals surface area contributed by atoms with Gasteiger partial charge in [-0.2, -0.15) is 5.26 Å². The number of aromatic nitrogens is 1. The predicted octanol–water partition coefficient (Wildman–Crippen LogP) is 3.87. The highest BCUT2D eigenvalue weighted by Gasteiger charge is 2.10. The van der Waals surface area contributed by atoms with Crippen LogP contribution < -0.4 is 9.47 Å². The van der Waals surface area contributed by atoms with Crippen LogP contribution in [0.15, 0.2) is 23.6 Å². The second kappa shape index (κ2) is 6.92. The number of nitrogens with zero attached hydrogens (tertiary/aromatic N) is 2. The summed E-state index contributed by atoms with van der Waals surface area (Å²) in [5.74, 6) is 1.46. The molecule has 0 radical (unpaired) electrons. The molecular weight excluding hydrogens is 272 g/mol. The summed E-state index contributed by atoms with van der Waals surface area (Å²) in [5, 5.41) is 11.4. The molecule has 1 aromatic heterocycles. The topological polar surface area (TPSA) is 55.1 Å². The molecule has 0 aliphatic heterocycles. The summed E-state index contributed by atoms with van der Waals surface area (Å²) >= 11 is 1.45. The Kier molecular flexibility index (Phi) is 4.97. The van der Waals surface area contributed by atoms with Gasteiger partial charge in [0.25, 0.3) is 0 Å². The normalized spacial score (nSPS) is 10.1. The maximum absolute atomic E-state index is 8.83. The van der Waals surface area contributed by atoms with Gasteiger partial charge in [0, 0.05) is 10.9 Å². The molecule has 1 aromatic carbocycles. The van der Waals surface area contributed by atoms with Gasteiger partial charge in [-0.3, -0.25) is 0 Å². The lowest BCUT2D eigenvalue weighted by molar-refractivity contribution is 0.277. The van der Waals surface area contributed by atoms with E-state index in [1.165, 1.54) is 11.3 Å². The van der Waals surface area contributed by atoms with E-state index in [1.54, 1.807) is 5.38 Å². The Hall–Kier alpha value is -2.06. The first kappa shape index (κ1) is 14.4. The number of nitriles is 1. The van der Waals surface area contributed by atoms with Crippen LogP contribution >= 0.6 is 11.3 Å². The molecule has 0 saturated carbocycles. The molecule has 0 aliphatic carbocycles. The average molecular weight is 288 g/mol. The molecule has 0 atom stereocenters. The second-order valence-electron chi connectivity index (χ2n) is 4.09. The van der Waals surface area contributed by atoms with Crippen molar-refractivity contribution in [1.29, 1.82) is 5.26 Å². The Morgan fingerprint density at radius 1 is 1.25 bits per heavy atom. The predicted molar refractivity (Wildman–Crippen MR) is 79.2 cm³/mol. The van der Waals surface area contributed by atoms with Crippen LogP contribution in [0.4, 0.5) is 0 Å². The summed E-state index contributed by atoms with van der Waals surface area (Å²) in [4.78, 5) is 4.25. The van der Waals surface area contributed by atoms with Crippen LogP contribution in [0.1, 0.15) is 26.0 Å². The molecule has 104 valence electrons. The van der Waals surface area contributed by atoms with Crippen LogP contribution in [-0.2, 0) is 0 Å². The number of ether oxygens (including phenoxy) is 2. The number of rotatable bonds is 6. The smallest absolute Gasteiger partial charge is 0.161 e. The van der Waals surface area contributed by atoms with Crippen molar-refractivity contribution in [2.45, 2.75) is 20.3 Å². The molecule has 0 unspecified atom stereocenters. The van der Waals surface area contributed by atoms with Gasteiger partial charge >= 0.3 is 0 Å². The van der Waals surface area contributed by atoms with E-state index in [4.69, 9.17) is 14.7 Å². The Balaban J connectivity index is 2.31. The lowest BCUT2D eigenvalue weighted by atomic mass is 10.2. The van der Waals surface area contributed by atoms with Gasteiger partial charge in [-0.25, -0.2) is 4.98 Å². The van der Waals surface area contributed by atoms with Crippen molar-refractivity contribution >= 4 is 11.3 Å². The van der Waals surface area contributed by atoms with Gasteiger partial charge in [0.05, 0.1) is 13.2 Å². The van der Waals surface area contributed by atoms with Gasteiger partial charge in [-0.15, -0.1) is 11.3 Å². The van der Waals surface area contributed by atoms with E-state index in [0.29, 0.717) is 24.7 Å². The third kappa shape index (κ3) is 3.28. The fourth-order valence-electron chi connectivity index (χ4n) is 1.70. The molecule has 0 aliphatic rings. The van der Waals surface area contributed by atoms with Crippen LogP contribution in [0.25, 0.3) is 10.6 Å². The van der Waals surface area contributed by atoms with E-state index in [1.807, 2.05) is 31.2 Å². The third-order valence-electron chi connectivity index (χ3n) is 2.57. The van der Waals surface area contributed by atoms with Gasteiger partial charge in [0.2, 0.25) is 0 Å². The molecular formula is C15H16N2O2S. The molecule has 20 heavy (non-hydrogen) atoms. The first-order valence-corrected chi connectivity index (χ1v) is 7.42. The molecule has 0 fully saturated rings. The summed E-state index contributed by atoms with van der Waals surface area (Å²) in [6, 6.07) is 7.78. The standard InChI is InChI=1S/C15H16N2O2S/c1-3-7-19-13-6-5-11(8-14(13)18-4-2)15-17-12(9-16)10-20-15/h5-6,8,10H,3-4,7H2,1-2H3. The maximum Gasteiger partial charge on any atom is 0.161 e. The first-order chi connectivity index (χ1) is 9.78. The van der Waals surface area contributed by atoms with E-state index in [9.17, 15) is 0 Å². The second-order valence-corrected chi connectivity index (χ2v) is 4.95. The molecule has 0 saturated heterocycles. The number of thiazole rings is 1. The van der Waals surface area contributed by atoms with E-state index >= 15 is 0 Å². The largest absolute Gasteiger partial charge is 0.490 e. The zero-order valence-corrected chi connectivity index (χ0v) is 12.4. The highest BCUT2D eigenvalue weighted by atomic mass is 32.1. The molecule has 2 aromatic rings. The highest BCUT2D eigenvalue weighted by Crippen LogP contribution is 2.34. The summed E-state index contributed by atoms with van der Waals surface area (Å²) in [6.45, 7) is 5.24. The van der Waals surface area contributed by atoms with Crippen molar-refractivity contribution in [3.8, 4) is 28.1 Å². The van der Waals surface area contributed by atoms with Crippen molar-refractivity contribution in [2.24, 2.45) is 0 Å². The summed E-state index contributed by atoms with van der Waals surface area (Å²) in [5.41, 5.74) is 1.37. The van der Waals surface area contributed by atoms with Crippen LogP contribution in [0, 0.1) is 11.3 Å². The zero-order chi connectivity index (χ0) is 14.4. The minimum atomic E-state index is 0.439. The lowest BCUT2D eigenvalue weighted by Crippen LogP contribution is -2.00. The minimum Gasteiger partial charge on any atom is -0.490 e. The van der Waals surface area contributed by atoms with Crippen LogP contribution in [0.5, 0.6) is 11.5 Å². The first-order valence-electron chi connectivity index (χ1n) is 6.54. The third-order valence-corrected chi connectivity index (χ3v) is 3.46. The van der Waals surface area contributed by atoms with Gasteiger partial charge in [0.15, 0.2) is 17.2 Å². The molecule has 4 nitrogen and oxygen atoms in total. The van der Waals surface area contributed by atoms with Crippen molar-refractivity contribution in [2.75, 3.05) is 13.2 Å². The van der Waals surface area contributed by atoms with Gasteiger partial charge in [-0.1, -0.05) is 6.92 Å². The van der Waals surface area contributed by atoms with Crippen LogP contribution in [0.3, 0.4) is 0 Å². The summed E-state index contributed by atoms with van der Waals surface area (Å²) < 4.78 is 11.3. The Morgan fingerprint density at radius 3 is 2.75 bits per heavy atom. The average Bonchev–Trinajstić information content (AvgIpc) is 2.95. The van der Waals surface area contributed by atoms with E-state index in [0.717, 1.165) is 22.7 Å². The van der Waals surface area contributed by atoms with Gasteiger partial charge in [-0.05, 0) is 31.5 Å². The van der Waals surface area contributed by atoms with Crippen molar-refractivity contribution < 1.29 is 9.47 Å². The molecule has 0 spiro atoms. The quantitative estimate of drug-likeness (QED) is 0.809. The molecule has 2 rings (SSSR count). The fraction of sp³-hybridized carbons (Fsp3) is 0.333. The maximum atomic E-state index is 8.83. The van der Waals surface area contributed by atoms with E-state index < -0.39 is 0 Å². The highest BCUT2D eigenvalue weighted by molar-refractivity contribution is 7.13. The Morgan fingerprint density at radius 2 is 2.10 bits per heavy atom. The van der Waals surface area contributed by atoms with E-state index in [2.05, 4.69) is 11.9 Å². The zero-order valence-electron chi connectivity index (χ0n) is 11.5. The lowest BCUT2D eigenvalue weighted by Gasteiger charge is -2.12. The van der Waals surface area contributed by atoms with Crippen LogP contribution in [0.2, 0.25) is 0 Å². The molecule has 5 heteroatoms. The Labute approximate surface area is 122 Å². The fourth-order valence-corrected chi connectivity index (χ4v) is 2.44. The number of hydrogen-bond acceptors (Lipinski definition) is 5. The number of benzene rings is 1. The number of hydrogen-bond donors (Lipinski definition) is 0. The van der Waals surface area contributed by atoms with Crippen molar-refractivity contribution in [3.05, 3.63) is 29.3 Å². The SMILES string of the molecule is CCCOc1ccc(-c2nc(C#N)cs2)cc1OCC. The van der Waals surface area contributed by atoms with E-state index in [-0.39, 0.29) is 0 Å². The minimum absolute atomic E-state index is 0.439. The van der Waals surface area contributed by atoms with Crippen molar-refractivity contribution in [3.63, 3.8) is 0 Å².